The number of aromatic nitrogens is 1. The predicted octanol–water partition coefficient (Wildman–Crippen LogP) is 5.62. The van der Waals surface area contributed by atoms with Gasteiger partial charge in [-0.1, -0.05) is 19.1 Å². The first kappa shape index (κ1) is 23.9. The van der Waals surface area contributed by atoms with E-state index in [1.807, 2.05) is 0 Å². The first-order valence-corrected chi connectivity index (χ1v) is 10.9. The van der Waals surface area contributed by atoms with Gasteiger partial charge in [0.15, 0.2) is 23.2 Å². The Kier molecular flexibility index (Phi) is 7.96. The Morgan fingerprint density at radius 2 is 1.66 bits per heavy atom. The summed E-state index contributed by atoms with van der Waals surface area (Å²) in [5.74, 6) is -1.25. The number of aryl methyl sites for hydroxylation is 1. The largest absolute Gasteiger partial charge is 0.487 e. The third-order valence-corrected chi connectivity index (χ3v) is 6.14. The molecule has 0 saturated heterocycles. The third-order valence-electron chi connectivity index (χ3n) is 6.14. The maximum atomic E-state index is 14.5. The lowest BCUT2D eigenvalue weighted by atomic mass is 9.82. The Hall–Kier alpha value is -2.80. The lowest BCUT2D eigenvalue weighted by Gasteiger charge is -2.32. The number of fused-ring (bicyclic) bond motifs is 1. The summed E-state index contributed by atoms with van der Waals surface area (Å²) in [7, 11) is 0. The average Bonchev–Trinajstić information content (AvgIpc) is 2.80. The lowest BCUT2D eigenvalue weighted by Crippen LogP contribution is -2.35. The molecule has 1 heterocycles. The van der Waals surface area contributed by atoms with Crippen molar-refractivity contribution in [1.29, 1.82) is 0 Å². The van der Waals surface area contributed by atoms with Crippen LogP contribution in [0.15, 0.2) is 47.4 Å². The fraction of sp³-hybridized carbons (Fsp3) is 0.400. The molecular weight excluding hydrogens is 417 g/mol. The maximum Gasteiger partial charge on any atom is 0.255 e. The van der Waals surface area contributed by atoms with Gasteiger partial charge in [-0.15, -0.1) is 0 Å². The van der Waals surface area contributed by atoms with Crippen molar-refractivity contribution in [3.05, 3.63) is 76.0 Å². The van der Waals surface area contributed by atoms with Gasteiger partial charge < -0.3 is 15.5 Å². The van der Waals surface area contributed by atoms with Crippen LogP contribution in [0.1, 0.15) is 44.6 Å². The molecule has 1 aliphatic carbocycles. The summed E-state index contributed by atoms with van der Waals surface area (Å²) in [5.41, 5.74) is 6.54. The zero-order chi connectivity index (χ0) is 23.3. The van der Waals surface area contributed by atoms with Crippen LogP contribution >= 0.6 is 0 Å². The highest BCUT2D eigenvalue weighted by molar-refractivity contribution is 5.86. The molecule has 4 rings (SSSR count). The van der Waals surface area contributed by atoms with Gasteiger partial charge in [0.2, 0.25) is 0 Å². The van der Waals surface area contributed by atoms with Crippen molar-refractivity contribution in [2.75, 3.05) is 0 Å². The highest BCUT2D eigenvalue weighted by Gasteiger charge is 2.27. The quantitative estimate of drug-likeness (QED) is 0.547. The molecule has 1 aromatic heterocycles. The Labute approximate surface area is 185 Å². The molecule has 0 amide bonds. The lowest BCUT2D eigenvalue weighted by molar-refractivity contribution is 0.117. The SMILES string of the molecule is CCC(N)C1CCC(Oc2c(F)cc3c(=O)[nH]ccc3c2C)CC1.Fc1ccccc1F. The van der Waals surface area contributed by atoms with E-state index in [1.165, 1.54) is 18.2 Å². The van der Waals surface area contributed by atoms with Crippen LogP contribution in [0.3, 0.4) is 0 Å². The Balaban J connectivity index is 0.000000305. The summed E-state index contributed by atoms with van der Waals surface area (Å²) in [6.07, 6.45) is 6.41. The normalized spacial score (nSPS) is 19.2. The van der Waals surface area contributed by atoms with Crippen LogP contribution in [0, 0.1) is 30.3 Å². The second kappa shape index (κ2) is 10.7. The van der Waals surface area contributed by atoms with Gasteiger partial charge in [-0.3, -0.25) is 4.79 Å². The van der Waals surface area contributed by atoms with E-state index in [-0.39, 0.29) is 23.5 Å². The first-order valence-electron chi connectivity index (χ1n) is 10.9. The van der Waals surface area contributed by atoms with Crippen LogP contribution in [-0.2, 0) is 0 Å². The molecule has 0 radical (unpaired) electrons. The van der Waals surface area contributed by atoms with E-state index in [0.717, 1.165) is 49.6 Å². The molecule has 3 aromatic rings. The fourth-order valence-corrected chi connectivity index (χ4v) is 4.17. The van der Waals surface area contributed by atoms with Crippen LogP contribution < -0.4 is 16.0 Å². The third kappa shape index (κ3) is 5.51. The molecule has 1 fully saturated rings. The maximum absolute atomic E-state index is 14.5. The molecule has 1 saturated carbocycles. The minimum Gasteiger partial charge on any atom is -0.487 e. The summed E-state index contributed by atoms with van der Waals surface area (Å²) in [6.45, 7) is 3.92. The van der Waals surface area contributed by atoms with Gasteiger partial charge in [-0.2, -0.15) is 0 Å². The van der Waals surface area contributed by atoms with E-state index in [9.17, 15) is 18.0 Å². The Bertz CT molecular complexity index is 1090. The van der Waals surface area contributed by atoms with Gasteiger partial charge in [0.1, 0.15) is 0 Å². The second-order valence-electron chi connectivity index (χ2n) is 8.22. The van der Waals surface area contributed by atoms with Crippen LogP contribution in [-0.4, -0.2) is 17.1 Å². The van der Waals surface area contributed by atoms with Gasteiger partial charge in [-0.25, -0.2) is 13.2 Å². The van der Waals surface area contributed by atoms with E-state index in [1.54, 1.807) is 19.2 Å². The van der Waals surface area contributed by atoms with Crippen LogP contribution in [0.4, 0.5) is 13.2 Å². The number of H-pyrrole nitrogens is 1. The average molecular weight is 447 g/mol. The van der Waals surface area contributed by atoms with E-state index >= 15 is 0 Å². The van der Waals surface area contributed by atoms with Gasteiger partial charge in [0.05, 0.1) is 11.5 Å². The second-order valence-corrected chi connectivity index (χ2v) is 8.22. The zero-order valence-electron chi connectivity index (χ0n) is 18.3. The van der Waals surface area contributed by atoms with Gasteiger partial charge in [0, 0.05) is 17.8 Å². The molecule has 1 unspecified atom stereocenters. The molecule has 4 nitrogen and oxygen atoms in total. The monoisotopic (exact) mass is 446 g/mol. The number of rotatable bonds is 4. The Morgan fingerprint density at radius 1 is 1.03 bits per heavy atom. The fourth-order valence-electron chi connectivity index (χ4n) is 4.17. The van der Waals surface area contributed by atoms with Gasteiger partial charge >= 0.3 is 0 Å². The van der Waals surface area contributed by atoms with E-state index in [4.69, 9.17) is 10.5 Å². The van der Waals surface area contributed by atoms with Crippen molar-refractivity contribution < 1.29 is 17.9 Å². The summed E-state index contributed by atoms with van der Waals surface area (Å²) >= 11 is 0. The number of aromatic amines is 1. The number of halogens is 3. The number of hydrogen-bond donors (Lipinski definition) is 2. The molecule has 172 valence electrons. The summed E-state index contributed by atoms with van der Waals surface area (Å²) in [4.78, 5) is 14.4. The first-order chi connectivity index (χ1) is 15.3. The van der Waals surface area contributed by atoms with Crippen molar-refractivity contribution >= 4 is 10.8 Å². The van der Waals surface area contributed by atoms with Gasteiger partial charge in [-0.05, 0) is 74.6 Å². The number of nitrogens with one attached hydrogen (secondary N) is 1. The molecular formula is C25H29F3N2O2. The van der Waals surface area contributed by atoms with Crippen molar-refractivity contribution in [1.82, 2.24) is 4.98 Å². The zero-order valence-corrected chi connectivity index (χ0v) is 18.3. The minimum atomic E-state index is -0.799. The standard InChI is InChI=1S/C19H25FN2O2.C6H4F2/c1-3-17(21)12-4-6-13(7-5-12)24-18-11(2)14-8-9-22-19(23)15(14)10-16(18)20;7-5-3-1-2-4-6(5)8/h8-10,12-13,17H,3-7,21H2,1-2H3,(H,22,23);1-4H. The van der Waals surface area contributed by atoms with E-state index < -0.39 is 17.5 Å². The molecule has 0 spiro atoms. The number of benzene rings is 2. The minimum absolute atomic E-state index is 0.0120. The molecule has 7 heteroatoms. The summed E-state index contributed by atoms with van der Waals surface area (Å²) in [5, 5.41) is 1.09. The Morgan fingerprint density at radius 3 is 2.22 bits per heavy atom. The number of hydrogen-bond acceptors (Lipinski definition) is 3. The predicted molar refractivity (Wildman–Crippen MR) is 120 cm³/mol. The molecule has 32 heavy (non-hydrogen) atoms. The van der Waals surface area contributed by atoms with Crippen molar-refractivity contribution in [3.63, 3.8) is 0 Å². The molecule has 0 bridgehead atoms. The van der Waals surface area contributed by atoms with E-state index in [2.05, 4.69) is 11.9 Å². The number of pyridine rings is 1. The highest BCUT2D eigenvalue weighted by atomic mass is 19.2. The highest BCUT2D eigenvalue weighted by Crippen LogP contribution is 2.34. The van der Waals surface area contributed by atoms with Crippen LogP contribution in [0.25, 0.3) is 10.8 Å². The number of nitrogens with two attached hydrogens (primary N) is 1. The van der Waals surface area contributed by atoms with Crippen molar-refractivity contribution in [2.24, 2.45) is 11.7 Å². The number of ether oxygens (including phenoxy) is 1. The van der Waals surface area contributed by atoms with Crippen molar-refractivity contribution in [2.45, 2.75) is 58.1 Å². The van der Waals surface area contributed by atoms with Crippen molar-refractivity contribution in [3.8, 4) is 5.75 Å². The smallest absolute Gasteiger partial charge is 0.255 e. The van der Waals surface area contributed by atoms with E-state index in [0.29, 0.717) is 16.9 Å². The summed E-state index contributed by atoms with van der Waals surface area (Å²) in [6, 6.07) is 8.35. The molecule has 2 aromatic carbocycles. The molecule has 1 aliphatic rings. The molecule has 0 aliphatic heterocycles. The molecule has 1 atom stereocenters. The van der Waals surface area contributed by atoms with Gasteiger partial charge in [0.25, 0.3) is 5.56 Å². The topological polar surface area (TPSA) is 68.1 Å². The summed E-state index contributed by atoms with van der Waals surface area (Å²) < 4.78 is 44.4. The van der Waals surface area contributed by atoms with Crippen LogP contribution in [0.2, 0.25) is 0 Å². The molecule has 3 N–H and O–H groups in total. The van der Waals surface area contributed by atoms with Crippen LogP contribution in [0.5, 0.6) is 5.75 Å².